The second-order valence-electron chi connectivity index (χ2n) is 4.18. The number of amidine groups is 1. The Hall–Kier alpha value is -0.560. The molecule has 3 N–H and O–H groups in total. The molecular weight excluding hydrogens is 240 g/mol. The molecule has 2 heterocycles. The summed E-state index contributed by atoms with van der Waals surface area (Å²) in [6.45, 7) is 3.64. The highest BCUT2D eigenvalue weighted by Crippen LogP contribution is 2.36. The molecule has 96 valence electrons. The van der Waals surface area contributed by atoms with Gasteiger partial charge in [-0.3, -0.25) is 4.99 Å². The SMILES string of the molecule is C=CCC[C@H]1O[C@@H]2SC(NC)=N[C@@H]2[C@@H](O)[C@@H]1O. The van der Waals surface area contributed by atoms with Crippen LogP contribution in [0.1, 0.15) is 12.8 Å². The third kappa shape index (κ3) is 2.49. The number of nitrogens with zero attached hydrogens (tertiary/aromatic N) is 1. The fourth-order valence-electron chi connectivity index (χ4n) is 2.07. The second kappa shape index (κ2) is 5.39. The van der Waals surface area contributed by atoms with E-state index in [1.807, 2.05) is 0 Å². The predicted octanol–water partition coefficient (Wildman–Crippen LogP) is 0.0901. The van der Waals surface area contributed by atoms with E-state index in [4.69, 9.17) is 4.74 Å². The quantitative estimate of drug-likeness (QED) is 0.626. The Labute approximate surface area is 105 Å². The van der Waals surface area contributed by atoms with Crippen LogP contribution in [0.25, 0.3) is 0 Å². The zero-order valence-corrected chi connectivity index (χ0v) is 10.6. The van der Waals surface area contributed by atoms with Crippen molar-refractivity contribution in [3.05, 3.63) is 12.7 Å². The van der Waals surface area contributed by atoms with Crippen LogP contribution in [0.5, 0.6) is 0 Å². The van der Waals surface area contributed by atoms with E-state index in [0.29, 0.717) is 6.42 Å². The van der Waals surface area contributed by atoms with Crippen LogP contribution in [0.4, 0.5) is 0 Å². The zero-order chi connectivity index (χ0) is 12.4. The summed E-state index contributed by atoms with van der Waals surface area (Å²) in [4.78, 5) is 4.29. The Bertz CT molecular complexity index is 324. The van der Waals surface area contributed by atoms with Crippen LogP contribution >= 0.6 is 11.8 Å². The minimum atomic E-state index is -0.878. The van der Waals surface area contributed by atoms with Crippen LogP contribution in [-0.2, 0) is 4.74 Å². The van der Waals surface area contributed by atoms with Crippen LogP contribution < -0.4 is 5.32 Å². The lowest BCUT2D eigenvalue weighted by molar-refractivity contribution is -0.154. The number of aliphatic imine (C=N–C) groups is 1. The van der Waals surface area contributed by atoms with Gasteiger partial charge in [0, 0.05) is 7.05 Å². The van der Waals surface area contributed by atoms with Crippen LogP contribution in [0.15, 0.2) is 17.6 Å². The maximum atomic E-state index is 10.0. The summed E-state index contributed by atoms with van der Waals surface area (Å²) >= 11 is 1.46. The Morgan fingerprint density at radius 1 is 1.53 bits per heavy atom. The normalized spacial score (nSPS) is 40.6. The zero-order valence-electron chi connectivity index (χ0n) is 9.74. The first-order valence-electron chi connectivity index (χ1n) is 5.72. The molecule has 5 atom stereocenters. The number of aliphatic hydroxyl groups is 2. The summed E-state index contributed by atoms with van der Waals surface area (Å²) in [7, 11) is 1.78. The number of fused-ring (bicyclic) bond motifs is 1. The van der Waals surface area contributed by atoms with Crippen molar-refractivity contribution in [1.82, 2.24) is 5.32 Å². The Kier molecular flexibility index (Phi) is 4.09. The van der Waals surface area contributed by atoms with Crippen molar-refractivity contribution < 1.29 is 14.9 Å². The highest BCUT2D eigenvalue weighted by Gasteiger charge is 2.47. The van der Waals surface area contributed by atoms with Gasteiger partial charge in [-0.05, 0) is 12.8 Å². The molecule has 0 aromatic heterocycles. The van der Waals surface area contributed by atoms with Gasteiger partial charge in [0.05, 0.1) is 6.10 Å². The number of rotatable bonds is 3. The van der Waals surface area contributed by atoms with Gasteiger partial charge < -0.3 is 20.3 Å². The minimum Gasteiger partial charge on any atom is -0.388 e. The molecule has 2 rings (SSSR count). The van der Waals surface area contributed by atoms with E-state index < -0.39 is 12.2 Å². The predicted molar refractivity (Wildman–Crippen MR) is 68.0 cm³/mol. The summed E-state index contributed by atoms with van der Waals surface area (Å²) < 4.78 is 5.78. The molecule has 0 aromatic carbocycles. The molecule has 0 bridgehead atoms. The van der Waals surface area contributed by atoms with E-state index in [-0.39, 0.29) is 17.6 Å². The van der Waals surface area contributed by atoms with E-state index in [9.17, 15) is 10.2 Å². The van der Waals surface area contributed by atoms with Gasteiger partial charge in [0.1, 0.15) is 23.7 Å². The smallest absolute Gasteiger partial charge is 0.159 e. The number of nitrogens with one attached hydrogen (secondary N) is 1. The third-order valence-electron chi connectivity index (χ3n) is 3.03. The summed E-state index contributed by atoms with van der Waals surface area (Å²) in [5.74, 6) is 0. The second-order valence-corrected chi connectivity index (χ2v) is 5.27. The van der Waals surface area contributed by atoms with Crippen molar-refractivity contribution in [2.24, 2.45) is 4.99 Å². The summed E-state index contributed by atoms with van der Waals surface area (Å²) in [5.41, 5.74) is -0.203. The van der Waals surface area contributed by atoms with Crippen molar-refractivity contribution in [2.45, 2.75) is 42.6 Å². The highest BCUT2D eigenvalue weighted by atomic mass is 32.2. The first-order chi connectivity index (χ1) is 8.17. The van der Waals surface area contributed by atoms with Crippen LogP contribution in [-0.4, -0.2) is 52.2 Å². The number of aliphatic hydroxyl groups excluding tert-OH is 2. The summed E-state index contributed by atoms with van der Waals surface area (Å²) in [5, 5.41) is 23.7. The van der Waals surface area contributed by atoms with Crippen LogP contribution in [0, 0.1) is 0 Å². The number of hydrogen-bond donors (Lipinski definition) is 3. The van der Waals surface area contributed by atoms with Crippen molar-refractivity contribution >= 4 is 16.9 Å². The van der Waals surface area contributed by atoms with E-state index in [1.165, 1.54) is 11.8 Å². The van der Waals surface area contributed by atoms with Gasteiger partial charge in [0.15, 0.2) is 5.17 Å². The van der Waals surface area contributed by atoms with Crippen LogP contribution in [0.2, 0.25) is 0 Å². The summed E-state index contributed by atoms with van der Waals surface area (Å²) in [6, 6.07) is -0.377. The number of ether oxygens (including phenoxy) is 1. The molecule has 2 aliphatic heterocycles. The maximum Gasteiger partial charge on any atom is 0.159 e. The topological polar surface area (TPSA) is 74.1 Å². The molecule has 0 amide bonds. The van der Waals surface area contributed by atoms with Crippen molar-refractivity contribution in [3.8, 4) is 0 Å². The molecule has 2 aliphatic rings. The standard InChI is InChI=1S/C11H18N2O3S/c1-3-4-5-6-8(14)9(15)7-10(16-6)17-11(12-2)13-7/h3,6-10,14-15H,1,4-5H2,2H3,(H,12,13)/t6-,7-,8-,9-,10-/m1/s1. The molecule has 0 spiro atoms. The molecule has 0 aromatic rings. The Morgan fingerprint density at radius 2 is 2.29 bits per heavy atom. The lowest BCUT2D eigenvalue weighted by atomic mass is 9.95. The molecule has 1 fully saturated rings. The molecule has 0 radical (unpaired) electrons. The fraction of sp³-hybridized carbons (Fsp3) is 0.727. The number of allylic oxidation sites excluding steroid dienone is 1. The largest absolute Gasteiger partial charge is 0.388 e. The molecule has 17 heavy (non-hydrogen) atoms. The van der Waals surface area contributed by atoms with E-state index in [2.05, 4.69) is 16.9 Å². The lowest BCUT2D eigenvalue weighted by Gasteiger charge is -2.38. The third-order valence-corrected chi connectivity index (χ3v) is 4.19. The van der Waals surface area contributed by atoms with Gasteiger partial charge in [-0.15, -0.1) is 6.58 Å². The monoisotopic (exact) mass is 258 g/mol. The van der Waals surface area contributed by atoms with Gasteiger partial charge >= 0.3 is 0 Å². The van der Waals surface area contributed by atoms with E-state index in [1.54, 1.807) is 13.1 Å². The molecule has 0 unspecified atom stereocenters. The molecule has 5 nitrogen and oxygen atoms in total. The first-order valence-corrected chi connectivity index (χ1v) is 6.60. The van der Waals surface area contributed by atoms with E-state index in [0.717, 1.165) is 11.6 Å². The number of hydrogen-bond acceptors (Lipinski definition) is 6. The molecule has 0 aliphatic carbocycles. The Balaban J connectivity index is 2.04. The average Bonchev–Trinajstić information content (AvgIpc) is 2.75. The molecular formula is C11H18N2O3S. The van der Waals surface area contributed by atoms with Crippen molar-refractivity contribution in [2.75, 3.05) is 7.05 Å². The molecule has 1 saturated heterocycles. The highest BCUT2D eigenvalue weighted by molar-refractivity contribution is 8.14. The Morgan fingerprint density at radius 3 is 2.94 bits per heavy atom. The van der Waals surface area contributed by atoms with Crippen molar-refractivity contribution in [3.63, 3.8) is 0 Å². The lowest BCUT2D eigenvalue weighted by Crippen LogP contribution is -2.54. The average molecular weight is 258 g/mol. The van der Waals surface area contributed by atoms with Crippen LogP contribution in [0.3, 0.4) is 0 Å². The van der Waals surface area contributed by atoms with Crippen molar-refractivity contribution in [1.29, 1.82) is 0 Å². The minimum absolute atomic E-state index is 0.203. The van der Waals surface area contributed by atoms with Gasteiger partial charge in [-0.2, -0.15) is 0 Å². The first kappa shape index (κ1) is 12.9. The number of thioether (sulfide) groups is 1. The fourth-order valence-corrected chi connectivity index (χ4v) is 3.15. The van der Waals surface area contributed by atoms with E-state index >= 15 is 0 Å². The van der Waals surface area contributed by atoms with Gasteiger partial charge in [-0.25, -0.2) is 0 Å². The summed E-state index contributed by atoms with van der Waals surface area (Å²) in [6.07, 6.45) is 1.13. The van der Waals surface area contributed by atoms with Gasteiger partial charge in [0.2, 0.25) is 0 Å². The maximum absolute atomic E-state index is 10.0. The van der Waals surface area contributed by atoms with Gasteiger partial charge in [-0.1, -0.05) is 17.8 Å². The molecule has 0 saturated carbocycles. The molecule has 6 heteroatoms. The van der Waals surface area contributed by atoms with Gasteiger partial charge in [0.25, 0.3) is 0 Å².